The molecule has 2 atom stereocenters. The Morgan fingerprint density at radius 1 is 1.07 bits per heavy atom. The van der Waals surface area contributed by atoms with Crippen molar-refractivity contribution in [2.45, 2.75) is 44.3 Å². The lowest BCUT2D eigenvalue weighted by atomic mass is 10.0. The van der Waals surface area contributed by atoms with Gasteiger partial charge in [0.25, 0.3) is 0 Å². The number of nitrogens with two attached hydrogens (primary N) is 1. The molecule has 7 heteroatoms. The van der Waals surface area contributed by atoms with Crippen LogP contribution in [0, 0.1) is 0 Å². The van der Waals surface area contributed by atoms with E-state index in [0.717, 1.165) is 16.7 Å². The highest BCUT2D eigenvalue weighted by molar-refractivity contribution is 5.89. The summed E-state index contributed by atoms with van der Waals surface area (Å²) < 4.78 is 4.82. The Hall–Kier alpha value is -3.03. The van der Waals surface area contributed by atoms with Crippen LogP contribution in [-0.4, -0.2) is 52.6 Å². The minimum absolute atomic E-state index is 0.190. The highest BCUT2D eigenvalue weighted by Gasteiger charge is 2.37. The molecule has 0 heterocycles. The summed E-state index contributed by atoms with van der Waals surface area (Å²) in [5, 5.41) is 9.98. The van der Waals surface area contributed by atoms with E-state index in [-0.39, 0.29) is 19.0 Å². The van der Waals surface area contributed by atoms with E-state index in [2.05, 4.69) is 0 Å². The molecule has 0 radical (unpaired) electrons. The van der Waals surface area contributed by atoms with Crippen LogP contribution < -0.4 is 5.73 Å². The Morgan fingerprint density at radius 3 is 2.17 bits per heavy atom. The van der Waals surface area contributed by atoms with Gasteiger partial charge in [-0.1, -0.05) is 54.6 Å². The molecule has 0 saturated carbocycles. The van der Waals surface area contributed by atoms with Crippen molar-refractivity contribution in [1.29, 1.82) is 0 Å². The Morgan fingerprint density at radius 2 is 1.63 bits per heavy atom. The molecule has 158 valence electrons. The second-order valence-corrected chi connectivity index (χ2v) is 7.63. The molecule has 0 saturated heterocycles. The van der Waals surface area contributed by atoms with Gasteiger partial charge in [0, 0.05) is 6.04 Å². The first-order chi connectivity index (χ1) is 14.3. The lowest BCUT2D eigenvalue weighted by molar-refractivity contribution is -0.162. The molecule has 2 aromatic carbocycles. The number of carbonyl (C=O) groups excluding carboxylic acids is 2. The van der Waals surface area contributed by atoms with Crippen LogP contribution in [0.5, 0.6) is 0 Å². The quantitative estimate of drug-likeness (QED) is 0.502. The summed E-state index contributed by atoms with van der Waals surface area (Å²) in [6.07, 6.45) is 1.49. The van der Waals surface area contributed by atoms with Crippen LogP contribution in [0.3, 0.4) is 0 Å². The van der Waals surface area contributed by atoms with Gasteiger partial charge in [0.05, 0.1) is 6.54 Å². The van der Waals surface area contributed by atoms with Gasteiger partial charge in [0.2, 0.25) is 0 Å². The van der Waals surface area contributed by atoms with Crippen LogP contribution >= 0.6 is 0 Å². The minimum Gasteiger partial charge on any atom is -0.480 e. The summed E-state index contributed by atoms with van der Waals surface area (Å²) >= 11 is 0. The molecular formula is C23H26N2O5. The summed E-state index contributed by atoms with van der Waals surface area (Å²) in [6.45, 7) is 1.12. The lowest BCUT2D eigenvalue weighted by Crippen LogP contribution is -2.52. The third kappa shape index (κ3) is 5.31. The maximum absolute atomic E-state index is 12.4. The molecular weight excluding hydrogens is 384 g/mol. The summed E-state index contributed by atoms with van der Waals surface area (Å²) in [7, 11) is 0. The molecule has 3 N–H and O–H groups in total. The second-order valence-electron chi connectivity index (χ2n) is 7.63. The van der Waals surface area contributed by atoms with E-state index in [1.807, 2.05) is 54.6 Å². The van der Waals surface area contributed by atoms with Crippen LogP contribution in [0.4, 0.5) is 0 Å². The lowest BCUT2D eigenvalue weighted by Gasteiger charge is -2.33. The number of benzene rings is 2. The van der Waals surface area contributed by atoms with E-state index in [9.17, 15) is 19.5 Å². The molecule has 7 nitrogen and oxygen atoms in total. The van der Waals surface area contributed by atoms with E-state index in [0.29, 0.717) is 12.8 Å². The Balaban J connectivity index is 1.84. The fourth-order valence-corrected chi connectivity index (χ4v) is 3.83. The number of ether oxygens (including phenoxy) is 1. The predicted molar refractivity (Wildman–Crippen MR) is 111 cm³/mol. The van der Waals surface area contributed by atoms with Gasteiger partial charge >= 0.3 is 17.9 Å². The molecule has 0 bridgehead atoms. The number of carboxylic acid groups (broad SMARTS) is 1. The first kappa shape index (κ1) is 21.7. The second kappa shape index (κ2) is 9.65. The number of nitrogens with zero attached hydrogens (tertiary/aromatic N) is 1. The molecule has 0 aliphatic heterocycles. The minimum atomic E-state index is -1.03. The van der Waals surface area contributed by atoms with Crippen molar-refractivity contribution in [3.05, 3.63) is 71.3 Å². The Bertz CT molecular complexity index is 888. The van der Waals surface area contributed by atoms with Gasteiger partial charge in [-0.3, -0.25) is 14.5 Å². The van der Waals surface area contributed by atoms with Gasteiger partial charge < -0.3 is 15.6 Å². The maximum atomic E-state index is 12.4. The Kier molecular flexibility index (Phi) is 6.97. The average Bonchev–Trinajstić information content (AvgIpc) is 3.15. The van der Waals surface area contributed by atoms with Crippen molar-refractivity contribution >= 4 is 17.9 Å². The van der Waals surface area contributed by atoms with Crippen LogP contribution in [0.15, 0.2) is 54.6 Å². The van der Waals surface area contributed by atoms with Gasteiger partial charge in [-0.25, -0.2) is 4.79 Å². The van der Waals surface area contributed by atoms with Gasteiger partial charge in [-0.05, 0) is 42.9 Å². The number of carbonyl (C=O) groups is 3. The zero-order valence-electron chi connectivity index (χ0n) is 16.9. The number of rotatable bonds is 8. The van der Waals surface area contributed by atoms with E-state index >= 15 is 0 Å². The normalized spacial score (nSPS) is 15.4. The summed E-state index contributed by atoms with van der Waals surface area (Å²) in [6, 6.07) is 15.1. The smallest absolute Gasteiger partial charge is 0.330 e. The largest absolute Gasteiger partial charge is 0.480 e. The molecule has 0 amide bonds. The van der Waals surface area contributed by atoms with Crippen LogP contribution in [0.25, 0.3) is 0 Å². The first-order valence-electron chi connectivity index (χ1n) is 9.94. The van der Waals surface area contributed by atoms with Gasteiger partial charge in [0.15, 0.2) is 0 Å². The van der Waals surface area contributed by atoms with Crippen molar-refractivity contribution in [1.82, 2.24) is 4.90 Å². The number of aliphatic carboxylic acids is 1. The van der Waals surface area contributed by atoms with Crippen molar-refractivity contribution in [2.75, 3.05) is 6.54 Å². The van der Waals surface area contributed by atoms with Crippen molar-refractivity contribution < 1.29 is 24.2 Å². The number of hydrogen-bond acceptors (Lipinski definition) is 6. The highest BCUT2D eigenvalue weighted by Crippen LogP contribution is 2.27. The zero-order valence-corrected chi connectivity index (χ0v) is 16.9. The molecule has 2 aromatic rings. The van der Waals surface area contributed by atoms with Crippen molar-refractivity contribution in [3.8, 4) is 0 Å². The molecule has 0 aromatic heterocycles. The monoisotopic (exact) mass is 410 g/mol. The Labute approximate surface area is 175 Å². The van der Waals surface area contributed by atoms with Gasteiger partial charge in [-0.2, -0.15) is 0 Å². The fourth-order valence-electron chi connectivity index (χ4n) is 3.83. The highest BCUT2D eigenvalue weighted by atomic mass is 16.6. The van der Waals surface area contributed by atoms with Gasteiger partial charge in [0.1, 0.15) is 12.1 Å². The third-order valence-electron chi connectivity index (χ3n) is 5.35. The standard InChI is InChI=1S/C23H26N2O5/c1-15(24)23(29)30-21(26)14-25(19-12-17-9-5-6-10-18(17)13-19)20(22(27)28)11-16-7-3-2-4-8-16/h2-10,15,19-20H,11-14,24H2,1H3,(H,27,28)/t15-,20?/m0/s1. The third-order valence-corrected chi connectivity index (χ3v) is 5.35. The van der Waals surface area contributed by atoms with Crippen molar-refractivity contribution in [3.63, 3.8) is 0 Å². The fraction of sp³-hybridized carbons (Fsp3) is 0.348. The SMILES string of the molecule is C[C@H](N)C(=O)OC(=O)CN(C1Cc2ccccc2C1)C(Cc1ccccc1)C(=O)O. The molecule has 1 unspecified atom stereocenters. The number of carboxylic acids is 1. The average molecular weight is 410 g/mol. The van der Waals surface area contributed by atoms with E-state index < -0.39 is 30.0 Å². The van der Waals surface area contributed by atoms with Crippen LogP contribution in [0.1, 0.15) is 23.6 Å². The predicted octanol–water partition coefficient (Wildman–Crippen LogP) is 1.57. The zero-order chi connectivity index (χ0) is 21.7. The molecule has 30 heavy (non-hydrogen) atoms. The van der Waals surface area contributed by atoms with Gasteiger partial charge in [-0.15, -0.1) is 0 Å². The van der Waals surface area contributed by atoms with E-state index in [4.69, 9.17) is 10.5 Å². The molecule has 1 aliphatic carbocycles. The number of fused-ring (bicyclic) bond motifs is 1. The van der Waals surface area contributed by atoms with E-state index in [1.165, 1.54) is 6.92 Å². The summed E-state index contributed by atoms with van der Waals surface area (Å²) in [5.41, 5.74) is 8.59. The summed E-state index contributed by atoms with van der Waals surface area (Å²) in [5.74, 6) is -2.65. The number of hydrogen-bond donors (Lipinski definition) is 2. The molecule has 3 rings (SSSR count). The van der Waals surface area contributed by atoms with Crippen molar-refractivity contribution in [2.24, 2.45) is 5.73 Å². The van der Waals surface area contributed by atoms with E-state index in [1.54, 1.807) is 4.90 Å². The molecule has 0 fully saturated rings. The molecule has 0 spiro atoms. The number of esters is 2. The topological polar surface area (TPSA) is 110 Å². The maximum Gasteiger partial charge on any atom is 0.330 e. The molecule has 1 aliphatic rings. The first-order valence-corrected chi connectivity index (χ1v) is 9.94. The van der Waals surface area contributed by atoms with Crippen LogP contribution in [0.2, 0.25) is 0 Å². The van der Waals surface area contributed by atoms with Crippen LogP contribution in [-0.2, 0) is 38.4 Å². The summed E-state index contributed by atoms with van der Waals surface area (Å²) in [4.78, 5) is 38.0.